The third kappa shape index (κ3) is 4.64. The number of hydrogen-bond donors (Lipinski definition) is 1. The van der Waals surface area contributed by atoms with E-state index in [1.807, 2.05) is 0 Å². The lowest BCUT2D eigenvalue weighted by atomic mass is 10.1. The molecular weight excluding hydrogens is 323 g/mol. The molecule has 0 amide bonds. The molecule has 0 saturated carbocycles. The number of nitrogens with zero attached hydrogens (tertiary/aromatic N) is 3. The summed E-state index contributed by atoms with van der Waals surface area (Å²) in [6, 6.07) is 8.00. The van der Waals surface area contributed by atoms with Crippen LogP contribution in [0.3, 0.4) is 0 Å². The van der Waals surface area contributed by atoms with Crippen molar-refractivity contribution in [1.82, 2.24) is 14.9 Å². The van der Waals surface area contributed by atoms with Crippen molar-refractivity contribution in [2.45, 2.75) is 6.42 Å². The monoisotopic (exact) mass is 346 g/mol. The van der Waals surface area contributed by atoms with Crippen LogP contribution < -0.4 is 10.5 Å². The zero-order valence-electron chi connectivity index (χ0n) is 14.4. The van der Waals surface area contributed by atoms with Crippen LogP contribution in [0.1, 0.15) is 11.3 Å². The fraction of sp³-hybridized carbons (Fsp3) is 0.444. The average molecular weight is 346 g/mol. The third-order valence-electron chi connectivity index (χ3n) is 4.40. The Hall–Kier alpha value is -2.25. The minimum absolute atomic E-state index is 0.210. The molecule has 1 N–H and O–H groups in total. The van der Waals surface area contributed by atoms with E-state index >= 15 is 0 Å². The molecule has 0 radical (unpaired) electrons. The first-order valence-corrected chi connectivity index (χ1v) is 8.45. The summed E-state index contributed by atoms with van der Waals surface area (Å²) in [4.78, 5) is 23.7. The van der Waals surface area contributed by atoms with Gasteiger partial charge in [0.25, 0.3) is 5.56 Å². The van der Waals surface area contributed by atoms with Crippen molar-refractivity contribution < 1.29 is 9.13 Å². The smallest absolute Gasteiger partial charge is 0.252 e. The maximum absolute atomic E-state index is 13.8. The number of benzene rings is 1. The number of piperazine rings is 1. The highest BCUT2D eigenvalue weighted by Gasteiger charge is 2.19. The Balaban J connectivity index is 1.70. The van der Waals surface area contributed by atoms with Crippen LogP contribution in [0.2, 0.25) is 0 Å². The van der Waals surface area contributed by atoms with Crippen LogP contribution >= 0.6 is 0 Å². The van der Waals surface area contributed by atoms with Gasteiger partial charge in [-0.3, -0.25) is 14.7 Å². The number of nitrogens with one attached hydrogen (secondary N) is 1. The van der Waals surface area contributed by atoms with Gasteiger partial charge in [0.15, 0.2) is 0 Å². The molecule has 1 fully saturated rings. The number of rotatable bonds is 6. The van der Waals surface area contributed by atoms with Gasteiger partial charge in [0.1, 0.15) is 5.82 Å². The number of ether oxygens (including phenoxy) is 1. The Bertz CT molecular complexity index is 757. The summed E-state index contributed by atoms with van der Waals surface area (Å²) in [7, 11) is 1.70. The maximum Gasteiger partial charge on any atom is 0.252 e. The SMILES string of the molecule is COCCN1CCN(c2nc(Cc3ccccc3F)cc(=O)[nH]2)CC1. The number of hydrogen-bond acceptors (Lipinski definition) is 5. The van der Waals surface area contributed by atoms with Crippen LogP contribution in [0.4, 0.5) is 10.3 Å². The van der Waals surface area contributed by atoms with E-state index in [0.717, 1.165) is 32.7 Å². The summed E-state index contributed by atoms with van der Waals surface area (Å²) in [5.74, 6) is 0.281. The van der Waals surface area contributed by atoms with Crippen LogP contribution in [0, 0.1) is 5.82 Å². The highest BCUT2D eigenvalue weighted by molar-refractivity contribution is 5.33. The van der Waals surface area contributed by atoms with Gasteiger partial charge in [-0.1, -0.05) is 18.2 Å². The van der Waals surface area contributed by atoms with Gasteiger partial charge in [-0.05, 0) is 11.6 Å². The molecule has 2 heterocycles. The van der Waals surface area contributed by atoms with Gasteiger partial charge in [-0.25, -0.2) is 9.37 Å². The lowest BCUT2D eigenvalue weighted by Crippen LogP contribution is -2.48. The van der Waals surface area contributed by atoms with Crippen LogP contribution in [-0.4, -0.2) is 61.3 Å². The van der Waals surface area contributed by atoms with Crippen molar-refractivity contribution in [2.24, 2.45) is 0 Å². The Morgan fingerprint density at radius 1 is 1.24 bits per heavy atom. The summed E-state index contributed by atoms with van der Waals surface area (Å²) in [6.45, 7) is 4.98. The predicted molar refractivity (Wildman–Crippen MR) is 94.6 cm³/mol. The molecule has 1 aliphatic heterocycles. The first-order chi connectivity index (χ1) is 12.2. The minimum atomic E-state index is -0.280. The van der Waals surface area contributed by atoms with Crippen molar-refractivity contribution >= 4 is 5.95 Å². The van der Waals surface area contributed by atoms with E-state index in [1.165, 1.54) is 12.1 Å². The summed E-state index contributed by atoms with van der Waals surface area (Å²) in [5, 5.41) is 0. The number of H-pyrrole nitrogens is 1. The van der Waals surface area contributed by atoms with Gasteiger partial charge in [0.05, 0.1) is 12.3 Å². The second-order valence-electron chi connectivity index (χ2n) is 6.15. The van der Waals surface area contributed by atoms with E-state index in [2.05, 4.69) is 19.8 Å². The first-order valence-electron chi connectivity index (χ1n) is 8.45. The molecular formula is C18H23FN4O2. The largest absolute Gasteiger partial charge is 0.383 e. The van der Waals surface area contributed by atoms with E-state index < -0.39 is 0 Å². The summed E-state index contributed by atoms with van der Waals surface area (Å²) >= 11 is 0. The summed E-state index contributed by atoms with van der Waals surface area (Å²) < 4.78 is 18.9. The molecule has 0 aliphatic carbocycles. The number of anilines is 1. The van der Waals surface area contributed by atoms with Crippen molar-refractivity contribution in [2.75, 3.05) is 51.3 Å². The zero-order chi connectivity index (χ0) is 17.6. The molecule has 1 aromatic heterocycles. The Morgan fingerprint density at radius 2 is 2.00 bits per heavy atom. The van der Waals surface area contributed by atoms with E-state index in [1.54, 1.807) is 25.3 Å². The minimum Gasteiger partial charge on any atom is -0.383 e. The Labute approximate surface area is 146 Å². The van der Waals surface area contributed by atoms with Crippen molar-refractivity contribution in [1.29, 1.82) is 0 Å². The number of aromatic amines is 1. The standard InChI is InChI=1S/C18H23FN4O2/c1-25-11-10-22-6-8-23(9-7-22)18-20-15(13-17(24)21-18)12-14-4-2-3-5-16(14)19/h2-5,13H,6-12H2,1H3,(H,20,21,24). The highest BCUT2D eigenvalue weighted by Crippen LogP contribution is 2.14. The van der Waals surface area contributed by atoms with E-state index in [-0.39, 0.29) is 11.4 Å². The normalized spacial score (nSPS) is 15.5. The maximum atomic E-state index is 13.8. The number of halogens is 1. The van der Waals surface area contributed by atoms with Crippen LogP contribution in [0.15, 0.2) is 35.1 Å². The molecule has 0 atom stereocenters. The molecule has 0 spiro atoms. The van der Waals surface area contributed by atoms with Gasteiger partial charge >= 0.3 is 0 Å². The predicted octanol–water partition coefficient (Wildman–Crippen LogP) is 1.27. The molecule has 134 valence electrons. The fourth-order valence-corrected chi connectivity index (χ4v) is 2.97. The van der Waals surface area contributed by atoms with Crippen LogP contribution in [-0.2, 0) is 11.2 Å². The lowest BCUT2D eigenvalue weighted by molar-refractivity contribution is 0.143. The fourth-order valence-electron chi connectivity index (χ4n) is 2.97. The summed E-state index contributed by atoms with van der Waals surface area (Å²) in [5.41, 5.74) is 0.903. The molecule has 1 aromatic carbocycles. The number of aromatic nitrogens is 2. The average Bonchev–Trinajstić information content (AvgIpc) is 2.62. The van der Waals surface area contributed by atoms with Gasteiger partial charge in [0, 0.05) is 52.3 Å². The van der Waals surface area contributed by atoms with Crippen molar-refractivity contribution in [3.8, 4) is 0 Å². The topological polar surface area (TPSA) is 61.5 Å². The first kappa shape index (κ1) is 17.6. The van der Waals surface area contributed by atoms with Crippen LogP contribution in [0.5, 0.6) is 0 Å². The second kappa shape index (κ2) is 8.22. The molecule has 1 saturated heterocycles. The molecule has 25 heavy (non-hydrogen) atoms. The molecule has 0 unspecified atom stereocenters. The molecule has 2 aromatic rings. The molecule has 3 rings (SSSR count). The van der Waals surface area contributed by atoms with E-state index in [4.69, 9.17) is 4.74 Å². The molecule has 6 nitrogen and oxygen atoms in total. The molecule has 7 heteroatoms. The molecule has 0 bridgehead atoms. The summed E-state index contributed by atoms with van der Waals surface area (Å²) in [6.07, 6.45) is 0.303. The molecule has 1 aliphatic rings. The van der Waals surface area contributed by atoms with Gasteiger partial charge in [0.2, 0.25) is 5.95 Å². The third-order valence-corrected chi connectivity index (χ3v) is 4.40. The number of methoxy groups -OCH3 is 1. The lowest BCUT2D eigenvalue weighted by Gasteiger charge is -2.34. The van der Waals surface area contributed by atoms with Gasteiger partial charge < -0.3 is 9.64 Å². The highest BCUT2D eigenvalue weighted by atomic mass is 19.1. The van der Waals surface area contributed by atoms with Gasteiger partial charge in [-0.2, -0.15) is 0 Å². The quantitative estimate of drug-likeness (QED) is 0.853. The van der Waals surface area contributed by atoms with E-state index in [0.29, 0.717) is 30.2 Å². The van der Waals surface area contributed by atoms with Crippen molar-refractivity contribution in [3.63, 3.8) is 0 Å². The Morgan fingerprint density at radius 3 is 2.72 bits per heavy atom. The van der Waals surface area contributed by atoms with E-state index in [9.17, 15) is 9.18 Å². The zero-order valence-corrected chi connectivity index (χ0v) is 14.4. The Kier molecular flexibility index (Phi) is 5.78. The van der Waals surface area contributed by atoms with Crippen LogP contribution in [0.25, 0.3) is 0 Å². The van der Waals surface area contributed by atoms with Crippen molar-refractivity contribution in [3.05, 3.63) is 57.8 Å². The van der Waals surface area contributed by atoms with Gasteiger partial charge in [-0.15, -0.1) is 0 Å². The second-order valence-corrected chi connectivity index (χ2v) is 6.15.